The fourth-order valence-electron chi connectivity index (χ4n) is 2.09. The third-order valence-corrected chi connectivity index (χ3v) is 4.87. The van der Waals surface area contributed by atoms with E-state index in [9.17, 15) is 4.79 Å². The number of hydrogen-bond acceptors (Lipinski definition) is 4. The van der Waals surface area contributed by atoms with Gasteiger partial charge in [-0.25, -0.2) is 9.78 Å². The molecule has 0 saturated heterocycles. The standard InChI is InChI=1S/C17H15ClN4OS/c1-11-15(24-16(21-11)12-5-4-8-19-9-12)10-20-17(23)22-14-7-3-2-6-13(14)18/h2-9H,10H2,1H3,(H2,20,22,23). The number of carbonyl (C=O) groups excluding carboxylic acids is 1. The molecule has 2 amide bonds. The zero-order valence-corrected chi connectivity index (χ0v) is 14.5. The molecule has 0 aliphatic heterocycles. The molecule has 0 bridgehead atoms. The first-order valence-electron chi connectivity index (χ1n) is 7.29. The number of pyridine rings is 1. The molecule has 7 heteroatoms. The molecule has 2 aromatic heterocycles. The highest BCUT2D eigenvalue weighted by atomic mass is 35.5. The molecule has 24 heavy (non-hydrogen) atoms. The van der Waals surface area contributed by atoms with Gasteiger partial charge in [0.2, 0.25) is 0 Å². The van der Waals surface area contributed by atoms with Crippen LogP contribution in [0.15, 0.2) is 48.8 Å². The largest absolute Gasteiger partial charge is 0.333 e. The second kappa shape index (κ2) is 7.42. The van der Waals surface area contributed by atoms with E-state index >= 15 is 0 Å². The number of para-hydroxylation sites is 1. The van der Waals surface area contributed by atoms with Crippen molar-refractivity contribution >= 4 is 34.7 Å². The van der Waals surface area contributed by atoms with E-state index in [-0.39, 0.29) is 6.03 Å². The number of nitrogens with zero attached hydrogens (tertiary/aromatic N) is 2. The molecule has 5 nitrogen and oxygen atoms in total. The maximum absolute atomic E-state index is 12.0. The van der Waals surface area contributed by atoms with Crippen molar-refractivity contribution in [3.8, 4) is 10.6 Å². The number of carbonyl (C=O) groups is 1. The van der Waals surface area contributed by atoms with Crippen LogP contribution in [0.2, 0.25) is 5.02 Å². The van der Waals surface area contributed by atoms with Crippen molar-refractivity contribution < 1.29 is 4.79 Å². The quantitative estimate of drug-likeness (QED) is 0.722. The number of urea groups is 1. The average Bonchev–Trinajstić information content (AvgIpc) is 2.97. The highest BCUT2D eigenvalue weighted by Crippen LogP contribution is 2.27. The summed E-state index contributed by atoms with van der Waals surface area (Å²) in [4.78, 5) is 21.7. The fourth-order valence-corrected chi connectivity index (χ4v) is 3.27. The van der Waals surface area contributed by atoms with E-state index < -0.39 is 0 Å². The van der Waals surface area contributed by atoms with Gasteiger partial charge >= 0.3 is 6.03 Å². The van der Waals surface area contributed by atoms with Gasteiger partial charge in [-0.05, 0) is 31.2 Å². The van der Waals surface area contributed by atoms with Gasteiger partial charge in [-0.3, -0.25) is 4.98 Å². The molecule has 2 N–H and O–H groups in total. The van der Waals surface area contributed by atoms with Crippen molar-refractivity contribution in [2.45, 2.75) is 13.5 Å². The summed E-state index contributed by atoms with van der Waals surface area (Å²) >= 11 is 7.57. The third-order valence-electron chi connectivity index (χ3n) is 3.33. The lowest BCUT2D eigenvalue weighted by molar-refractivity contribution is 0.252. The van der Waals surface area contributed by atoms with E-state index in [0.717, 1.165) is 21.1 Å². The minimum Gasteiger partial charge on any atom is -0.333 e. The molecule has 3 aromatic rings. The summed E-state index contributed by atoms with van der Waals surface area (Å²) < 4.78 is 0. The van der Waals surface area contributed by atoms with Crippen LogP contribution in [0.5, 0.6) is 0 Å². The summed E-state index contributed by atoms with van der Waals surface area (Å²) in [6.07, 6.45) is 3.51. The highest BCUT2D eigenvalue weighted by Gasteiger charge is 2.11. The molecule has 0 saturated carbocycles. The van der Waals surface area contributed by atoms with Crippen LogP contribution in [0, 0.1) is 6.92 Å². The van der Waals surface area contributed by atoms with Gasteiger partial charge in [0, 0.05) is 22.8 Å². The predicted molar refractivity (Wildman–Crippen MR) is 97.4 cm³/mol. The lowest BCUT2D eigenvalue weighted by Gasteiger charge is -2.08. The van der Waals surface area contributed by atoms with Crippen molar-refractivity contribution in [2.24, 2.45) is 0 Å². The number of anilines is 1. The molecule has 0 aliphatic rings. The van der Waals surface area contributed by atoms with Crippen LogP contribution in [-0.4, -0.2) is 16.0 Å². The summed E-state index contributed by atoms with van der Waals surface area (Å²) in [5.41, 5.74) is 2.45. The van der Waals surface area contributed by atoms with Crippen LogP contribution < -0.4 is 10.6 Å². The Bertz CT molecular complexity index is 851. The molecular formula is C17H15ClN4OS. The molecule has 1 aromatic carbocycles. The summed E-state index contributed by atoms with van der Waals surface area (Å²) in [5.74, 6) is 0. The Kier molecular flexibility index (Phi) is 5.08. The molecule has 0 radical (unpaired) electrons. The number of nitrogens with one attached hydrogen (secondary N) is 2. The Morgan fingerprint density at radius 1 is 1.25 bits per heavy atom. The van der Waals surface area contributed by atoms with Crippen LogP contribution in [0.25, 0.3) is 10.6 Å². The van der Waals surface area contributed by atoms with E-state index in [1.165, 1.54) is 0 Å². The van der Waals surface area contributed by atoms with Gasteiger partial charge < -0.3 is 10.6 Å². The monoisotopic (exact) mass is 358 g/mol. The third kappa shape index (κ3) is 3.90. The Balaban J connectivity index is 1.64. The van der Waals surface area contributed by atoms with Gasteiger partial charge in [0.25, 0.3) is 0 Å². The maximum Gasteiger partial charge on any atom is 0.319 e. The zero-order valence-electron chi connectivity index (χ0n) is 12.9. The summed E-state index contributed by atoms with van der Waals surface area (Å²) in [6.45, 7) is 2.33. The van der Waals surface area contributed by atoms with E-state index in [0.29, 0.717) is 17.3 Å². The van der Waals surface area contributed by atoms with Crippen LogP contribution >= 0.6 is 22.9 Å². The first-order valence-corrected chi connectivity index (χ1v) is 8.49. The summed E-state index contributed by atoms with van der Waals surface area (Å²) in [6, 6.07) is 10.6. The molecule has 0 fully saturated rings. The number of aromatic nitrogens is 2. The smallest absolute Gasteiger partial charge is 0.319 e. The van der Waals surface area contributed by atoms with Crippen molar-refractivity contribution in [2.75, 3.05) is 5.32 Å². The number of amides is 2. The van der Waals surface area contributed by atoms with E-state index in [4.69, 9.17) is 11.6 Å². The zero-order chi connectivity index (χ0) is 16.9. The van der Waals surface area contributed by atoms with Gasteiger partial charge in [-0.15, -0.1) is 11.3 Å². The molecular weight excluding hydrogens is 344 g/mol. The van der Waals surface area contributed by atoms with E-state index in [1.54, 1.807) is 35.9 Å². The minimum absolute atomic E-state index is 0.307. The van der Waals surface area contributed by atoms with Crippen molar-refractivity contribution in [1.29, 1.82) is 0 Å². The fraction of sp³-hybridized carbons (Fsp3) is 0.118. The first kappa shape index (κ1) is 16.4. The van der Waals surface area contributed by atoms with Gasteiger partial charge in [0.1, 0.15) is 5.01 Å². The average molecular weight is 359 g/mol. The van der Waals surface area contributed by atoms with Crippen LogP contribution in [0.4, 0.5) is 10.5 Å². The summed E-state index contributed by atoms with van der Waals surface area (Å²) in [5, 5.41) is 6.95. The molecule has 0 atom stereocenters. The number of aryl methyl sites for hydroxylation is 1. The molecule has 0 spiro atoms. The second-order valence-corrected chi connectivity index (χ2v) is 6.55. The van der Waals surface area contributed by atoms with E-state index in [2.05, 4.69) is 20.6 Å². The molecule has 0 unspecified atom stereocenters. The predicted octanol–water partition coefficient (Wildman–Crippen LogP) is 4.49. The number of hydrogen-bond donors (Lipinski definition) is 2. The number of rotatable bonds is 4. The normalized spacial score (nSPS) is 10.4. The molecule has 3 rings (SSSR count). The SMILES string of the molecule is Cc1nc(-c2cccnc2)sc1CNC(=O)Nc1ccccc1Cl. The number of benzene rings is 1. The van der Waals surface area contributed by atoms with Gasteiger partial charge in [0.15, 0.2) is 0 Å². The first-order chi connectivity index (χ1) is 11.6. The maximum atomic E-state index is 12.0. The molecule has 2 heterocycles. The lowest BCUT2D eigenvalue weighted by Crippen LogP contribution is -2.28. The highest BCUT2D eigenvalue weighted by molar-refractivity contribution is 7.15. The Morgan fingerprint density at radius 3 is 2.83 bits per heavy atom. The van der Waals surface area contributed by atoms with Gasteiger partial charge in [-0.1, -0.05) is 23.7 Å². The van der Waals surface area contributed by atoms with Gasteiger partial charge in [-0.2, -0.15) is 0 Å². The Morgan fingerprint density at radius 2 is 2.08 bits per heavy atom. The van der Waals surface area contributed by atoms with Crippen molar-refractivity contribution in [3.05, 3.63) is 64.4 Å². The molecule has 0 aliphatic carbocycles. The lowest BCUT2D eigenvalue weighted by atomic mass is 10.3. The van der Waals surface area contributed by atoms with Crippen LogP contribution in [0.1, 0.15) is 10.6 Å². The van der Waals surface area contributed by atoms with Crippen molar-refractivity contribution in [1.82, 2.24) is 15.3 Å². The van der Waals surface area contributed by atoms with E-state index in [1.807, 2.05) is 31.2 Å². The minimum atomic E-state index is -0.307. The summed E-state index contributed by atoms with van der Waals surface area (Å²) in [7, 11) is 0. The topological polar surface area (TPSA) is 66.9 Å². The number of thiazole rings is 1. The second-order valence-electron chi connectivity index (χ2n) is 5.06. The van der Waals surface area contributed by atoms with Crippen LogP contribution in [-0.2, 0) is 6.54 Å². The Labute approximate surface area is 148 Å². The Hall–Kier alpha value is -2.44. The van der Waals surface area contributed by atoms with Crippen LogP contribution in [0.3, 0.4) is 0 Å². The van der Waals surface area contributed by atoms with Gasteiger partial charge in [0.05, 0.1) is 22.9 Å². The van der Waals surface area contributed by atoms with Crippen molar-refractivity contribution in [3.63, 3.8) is 0 Å². The molecule has 122 valence electrons. The number of halogens is 1.